The summed E-state index contributed by atoms with van der Waals surface area (Å²) in [6.45, 7) is 2.61. The molecule has 0 unspecified atom stereocenters. The number of amides is 1. The largest absolute Gasteiger partial charge is 0.491 e. The molecular formula is C19H24N2O3. The monoisotopic (exact) mass is 328 g/mol. The Kier molecular flexibility index (Phi) is 5.54. The molecule has 1 aliphatic heterocycles. The van der Waals surface area contributed by atoms with E-state index in [1.54, 1.807) is 0 Å². The Morgan fingerprint density at radius 3 is 2.50 bits per heavy atom. The minimum absolute atomic E-state index is 0.105. The fraction of sp³-hybridized carbons (Fsp3) is 0.421. The Bertz CT molecular complexity index is 646. The number of para-hydroxylation sites is 1. The van der Waals surface area contributed by atoms with E-state index in [0.29, 0.717) is 13.2 Å². The Hall–Kier alpha value is -2.27. The molecule has 0 spiro atoms. The van der Waals surface area contributed by atoms with Crippen molar-refractivity contribution < 1.29 is 14.3 Å². The van der Waals surface area contributed by atoms with Crippen LogP contribution in [0, 0.1) is 0 Å². The van der Waals surface area contributed by atoms with Crippen molar-refractivity contribution in [2.75, 3.05) is 26.3 Å². The lowest BCUT2D eigenvalue weighted by molar-refractivity contribution is -0.00256. The highest BCUT2D eigenvalue weighted by molar-refractivity contribution is 5.92. The van der Waals surface area contributed by atoms with Crippen LogP contribution >= 0.6 is 0 Å². The number of rotatable bonds is 6. The lowest BCUT2D eigenvalue weighted by Gasteiger charge is -2.32. The van der Waals surface area contributed by atoms with Gasteiger partial charge in [0.25, 0.3) is 5.91 Å². The molecule has 2 aromatic rings. The first-order valence-electron chi connectivity index (χ1n) is 8.44. The van der Waals surface area contributed by atoms with E-state index < -0.39 is 0 Å². The first kappa shape index (κ1) is 16.6. The molecule has 0 radical (unpaired) electrons. The molecule has 1 amide bonds. The molecular weight excluding hydrogens is 304 g/mol. The van der Waals surface area contributed by atoms with Crippen molar-refractivity contribution in [2.45, 2.75) is 18.9 Å². The zero-order valence-corrected chi connectivity index (χ0v) is 14.1. The molecule has 24 heavy (non-hydrogen) atoms. The van der Waals surface area contributed by atoms with E-state index in [1.165, 1.54) is 0 Å². The Labute approximate surface area is 142 Å². The van der Waals surface area contributed by atoms with Crippen LogP contribution in [0.2, 0.25) is 0 Å². The first-order valence-corrected chi connectivity index (χ1v) is 8.44. The maximum atomic E-state index is 12.4. The summed E-state index contributed by atoms with van der Waals surface area (Å²) in [7, 11) is 1.90. The van der Waals surface area contributed by atoms with Gasteiger partial charge in [0.2, 0.25) is 0 Å². The van der Waals surface area contributed by atoms with Crippen molar-refractivity contribution >= 4 is 5.91 Å². The van der Waals surface area contributed by atoms with Gasteiger partial charge in [-0.25, -0.2) is 0 Å². The predicted octanol–water partition coefficient (Wildman–Crippen LogP) is 2.73. The van der Waals surface area contributed by atoms with Gasteiger partial charge in [0, 0.05) is 26.3 Å². The normalized spacial score (nSPS) is 15.5. The van der Waals surface area contributed by atoms with E-state index in [2.05, 4.69) is 0 Å². The molecule has 0 N–H and O–H groups in total. The van der Waals surface area contributed by atoms with Crippen LogP contribution in [0.15, 0.2) is 48.7 Å². The molecule has 0 atom stereocenters. The predicted molar refractivity (Wildman–Crippen MR) is 92.2 cm³/mol. The number of likely N-dealkylation sites (tertiary alicyclic amines) is 1. The van der Waals surface area contributed by atoms with Crippen LogP contribution < -0.4 is 4.74 Å². The van der Waals surface area contributed by atoms with E-state index in [9.17, 15) is 4.79 Å². The average molecular weight is 328 g/mol. The van der Waals surface area contributed by atoms with Crippen molar-refractivity contribution in [3.8, 4) is 5.75 Å². The highest BCUT2D eigenvalue weighted by Crippen LogP contribution is 2.16. The molecule has 5 nitrogen and oxygen atoms in total. The summed E-state index contributed by atoms with van der Waals surface area (Å²) in [5.74, 6) is 0.970. The molecule has 0 saturated carbocycles. The standard InChI is InChI=1S/C19H24N2O3/c1-20-11-5-8-18(20)19(22)21-12-9-17(10-13-21)24-15-14-23-16-6-3-2-4-7-16/h2-8,11,17H,9-10,12-15H2,1H3. The lowest BCUT2D eigenvalue weighted by atomic mass is 10.1. The van der Waals surface area contributed by atoms with Crippen LogP contribution in [-0.4, -0.2) is 47.8 Å². The molecule has 1 aliphatic rings. The number of nitrogens with zero attached hydrogens (tertiary/aromatic N) is 2. The molecule has 1 aromatic carbocycles. The molecule has 1 fully saturated rings. The molecule has 128 valence electrons. The van der Waals surface area contributed by atoms with Gasteiger partial charge in [0.15, 0.2) is 0 Å². The summed E-state index contributed by atoms with van der Waals surface area (Å²) in [6.07, 6.45) is 3.86. The van der Waals surface area contributed by atoms with Gasteiger partial charge >= 0.3 is 0 Å². The van der Waals surface area contributed by atoms with Crippen LogP contribution in [0.25, 0.3) is 0 Å². The van der Waals surface area contributed by atoms with Gasteiger partial charge in [-0.05, 0) is 37.1 Å². The maximum absolute atomic E-state index is 12.4. The highest BCUT2D eigenvalue weighted by atomic mass is 16.5. The number of ether oxygens (including phenoxy) is 2. The number of aryl methyl sites for hydroxylation is 1. The summed E-state index contributed by atoms with van der Waals surface area (Å²) < 4.78 is 13.4. The third-order valence-corrected chi connectivity index (χ3v) is 4.34. The van der Waals surface area contributed by atoms with E-state index in [1.807, 2.05) is 65.2 Å². The zero-order valence-electron chi connectivity index (χ0n) is 14.1. The van der Waals surface area contributed by atoms with Crippen LogP contribution in [0.5, 0.6) is 5.75 Å². The number of benzene rings is 1. The first-order chi connectivity index (χ1) is 11.7. The topological polar surface area (TPSA) is 43.7 Å². The average Bonchev–Trinajstić information content (AvgIpc) is 3.05. The van der Waals surface area contributed by atoms with Gasteiger partial charge in [-0.15, -0.1) is 0 Å². The van der Waals surface area contributed by atoms with Gasteiger partial charge in [-0.2, -0.15) is 0 Å². The van der Waals surface area contributed by atoms with Crippen molar-refractivity contribution in [3.05, 3.63) is 54.4 Å². The number of aromatic nitrogens is 1. The van der Waals surface area contributed by atoms with E-state index in [-0.39, 0.29) is 12.0 Å². The van der Waals surface area contributed by atoms with Crippen LogP contribution in [0.3, 0.4) is 0 Å². The minimum atomic E-state index is 0.105. The van der Waals surface area contributed by atoms with Gasteiger partial charge in [-0.1, -0.05) is 18.2 Å². The fourth-order valence-electron chi connectivity index (χ4n) is 2.96. The summed E-state index contributed by atoms with van der Waals surface area (Å²) >= 11 is 0. The molecule has 1 saturated heterocycles. The fourth-order valence-corrected chi connectivity index (χ4v) is 2.96. The van der Waals surface area contributed by atoms with E-state index in [0.717, 1.165) is 37.4 Å². The summed E-state index contributed by atoms with van der Waals surface area (Å²) in [4.78, 5) is 14.4. The van der Waals surface area contributed by atoms with Gasteiger partial charge in [0.05, 0.1) is 12.7 Å². The van der Waals surface area contributed by atoms with Crippen LogP contribution in [0.4, 0.5) is 0 Å². The molecule has 3 rings (SSSR count). The van der Waals surface area contributed by atoms with Crippen molar-refractivity contribution in [3.63, 3.8) is 0 Å². The summed E-state index contributed by atoms with van der Waals surface area (Å²) in [5.41, 5.74) is 0.741. The number of hydrogen-bond acceptors (Lipinski definition) is 3. The molecule has 1 aromatic heterocycles. The molecule has 0 aliphatic carbocycles. The second-order valence-corrected chi connectivity index (χ2v) is 6.03. The highest BCUT2D eigenvalue weighted by Gasteiger charge is 2.25. The molecule has 2 heterocycles. The third-order valence-electron chi connectivity index (χ3n) is 4.34. The molecule has 0 bridgehead atoms. The van der Waals surface area contributed by atoms with E-state index >= 15 is 0 Å². The SMILES string of the molecule is Cn1cccc1C(=O)N1CCC(OCCOc2ccccc2)CC1. The van der Waals surface area contributed by atoms with Gasteiger partial charge < -0.3 is 18.9 Å². The zero-order chi connectivity index (χ0) is 16.8. The lowest BCUT2D eigenvalue weighted by Crippen LogP contribution is -2.41. The quantitative estimate of drug-likeness (QED) is 0.766. The number of piperidine rings is 1. The number of hydrogen-bond donors (Lipinski definition) is 0. The van der Waals surface area contributed by atoms with Crippen LogP contribution in [0.1, 0.15) is 23.3 Å². The number of carbonyl (C=O) groups is 1. The van der Waals surface area contributed by atoms with Gasteiger partial charge in [-0.3, -0.25) is 4.79 Å². The summed E-state index contributed by atoms with van der Waals surface area (Å²) in [5, 5.41) is 0. The maximum Gasteiger partial charge on any atom is 0.270 e. The summed E-state index contributed by atoms with van der Waals surface area (Å²) in [6, 6.07) is 13.5. The Morgan fingerprint density at radius 1 is 1.08 bits per heavy atom. The Balaban J connectivity index is 1.36. The number of carbonyl (C=O) groups excluding carboxylic acids is 1. The van der Waals surface area contributed by atoms with E-state index in [4.69, 9.17) is 9.47 Å². The van der Waals surface area contributed by atoms with Crippen molar-refractivity contribution in [1.29, 1.82) is 0 Å². The second-order valence-electron chi connectivity index (χ2n) is 6.03. The smallest absolute Gasteiger partial charge is 0.270 e. The molecule has 5 heteroatoms. The minimum Gasteiger partial charge on any atom is -0.491 e. The van der Waals surface area contributed by atoms with Gasteiger partial charge in [0.1, 0.15) is 18.1 Å². The van der Waals surface area contributed by atoms with Crippen molar-refractivity contribution in [1.82, 2.24) is 9.47 Å². The Morgan fingerprint density at radius 2 is 1.83 bits per heavy atom. The second kappa shape index (κ2) is 8.02. The van der Waals surface area contributed by atoms with Crippen LogP contribution in [-0.2, 0) is 11.8 Å². The van der Waals surface area contributed by atoms with Crippen molar-refractivity contribution in [2.24, 2.45) is 7.05 Å². The third kappa shape index (κ3) is 4.17.